The van der Waals surface area contributed by atoms with Gasteiger partial charge in [0, 0.05) is 34.4 Å². The summed E-state index contributed by atoms with van der Waals surface area (Å²) in [5.74, 6) is 0.792. The molecule has 1 atom stereocenters. The highest BCUT2D eigenvalue weighted by Gasteiger charge is 2.30. The summed E-state index contributed by atoms with van der Waals surface area (Å²) in [6.45, 7) is 1.16. The van der Waals surface area contributed by atoms with E-state index in [1.165, 1.54) is 12.1 Å². The zero-order valence-corrected chi connectivity index (χ0v) is 18.4. The van der Waals surface area contributed by atoms with Crippen molar-refractivity contribution >= 4 is 15.9 Å². The van der Waals surface area contributed by atoms with Crippen molar-refractivity contribution in [1.82, 2.24) is 14.5 Å². The maximum absolute atomic E-state index is 13.5. The molecule has 0 aliphatic carbocycles. The number of aromatic nitrogens is 3. The molecule has 0 unspecified atom stereocenters. The fraction of sp³-hybridized carbons (Fsp3) is 0.200. The van der Waals surface area contributed by atoms with E-state index in [9.17, 15) is 4.39 Å². The lowest BCUT2D eigenvalue weighted by Gasteiger charge is -2.18. The minimum atomic E-state index is -0.251. The van der Waals surface area contributed by atoms with Gasteiger partial charge >= 0.3 is 0 Å². The molecule has 156 valence electrons. The summed E-state index contributed by atoms with van der Waals surface area (Å²) >= 11 is 3.58. The molecule has 0 fully saturated rings. The van der Waals surface area contributed by atoms with Crippen molar-refractivity contribution in [2.75, 3.05) is 6.61 Å². The van der Waals surface area contributed by atoms with Crippen LogP contribution in [0.15, 0.2) is 77.5 Å². The monoisotopic (exact) mass is 477 g/mol. The van der Waals surface area contributed by atoms with E-state index in [-0.39, 0.29) is 11.9 Å². The molecule has 0 spiro atoms. The van der Waals surface area contributed by atoms with Crippen LogP contribution in [0.4, 0.5) is 4.39 Å². The van der Waals surface area contributed by atoms with Gasteiger partial charge < -0.3 is 9.30 Å². The van der Waals surface area contributed by atoms with Crippen molar-refractivity contribution in [3.63, 3.8) is 0 Å². The third-order valence-electron chi connectivity index (χ3n) is 5.65. The number of hydrogen-bond acceptors (Lipinski definition) is 3. The lowest BCUT2D eigenvalue weighted by Crippen LogP contribution is -2.13. The maximum atomic E-state index is 13.5. The molecule has 0 N–H and O–H groups in total. The molecule has 31 heavy (non-hydrogen) atoms. The van der Waals surface area contributed by atoms with Crippen LogP contribution < -0.4 is 0 Å². The molecule has 3 heterocycles. The van der Waals surface area contributed by atoms with E-state index in [0.717, 1.165) is 51.2 Å². The number of aryl methyl sites for hydroxylation is 1. The van der Waals surface area contributed by atoms with E-state index in [4.69, 9.17) is 9.72 Å². The Kier molecular flexibility index (Phi) is 5.66. The molecular weight excluding hydrogens is 457 g/mol. The second-order valence-corrected chi connectivity index (χ2v) is 8.49. The number of fused-ring (bicyclic) bond motifs is 1. The molecule has 1 aliphatic rings. The van der Waals surface area contributed by atoms with E-state index >= 15 is 0 Å². The van der Waals surface area contributed by atoms with Gasteiger partial charge in [-0.25, -0.2) is 9.37 Å². The predicted octanol–water partition coefficient (Wildman–Crippen LogP) is 6.22. The second-order valence-electron chi connectivity index (χ2n) is 7.64. The van der Waals surface area contributed by atoms with Crippen LogP contribution in [-0.4, -0.2) is 21.1 Å². The third-order valence-corrected chi connectivity index (χ3v) is 6.42. The average Bonchev–Trinajstić information content (AvgIpc) is 3.36. The van der Waals surface area contributed by atoms with E-state index in [2.05, 4.69) is 31.5 Å². The third kappa shape index (κ3) is 4.05. The summed E-state index contributed by atoms with van der Waals surface area (Å²) in [6.07, 6.45) is 5.46. The first-order valence-electron chi connectivity index (χ1n) is 10.3. The molecule has 4 aromatic rings. The zero-order valence-electron chi connectivity index (χ0n) is 16.8. The van der Waals surface area contributed by atoms with Gasteiger partial charge in [-0.3, -0.25) is 4.98 Å². The minimum Gasteiger partial charge on any atom is -0.375 e. The summed E-state index contributed by atoms with van der Waals surface area (Å²) < 4.78 is 23.0. The van der Waals surface area contributed by atoms with Gasteiger partial charge in [0.15, 0.2) is 0 Å². The Morgan fingerprint density at radius 3 is 2.55 bits per heavy atom. The molecule has 5 rings (SSSR count). The summed E-state index contributed by atoms with van der Waals surface area (Å²) in [7, 11) is 0. The molecule has 0 radical (unpaired) electrons. The van der Waals surface area contributed by atoms with E-state index in [1.807, 2.05) is 30.3 Å². The molecule has 1 aliphatic heterocycles. The molecule has 2 aromatic carbocycles. The number of hydrogen-bond donors (Lipinski definition) is 0. The van der Waals surface area contributed by atoms with E-state index in [0.29, 0.717) is 13.2 Å². The topological polar surface area (TPSA) is 39.9 Å². The Morgan fingerprint density at radius 1 is 1.00 bits per heavy atom. The predicted molar refractivity (Wildman–Crippen MR) is 122 cm³/mol. The van der Waals surface area contributed by atoms with Crippen LogP contribution in [-0.2, 0) is 17.8 Å². The summed E-state index contributed by atoms with van der Waals surface area (Å²) in [5.41, 5.74) is 4.99. The van der Waals surface area contributed by atoms with Crippen LogP contribution in [0.1, 0.15) is 23.9 Å². The molecule has 0 saturated carbocycles. The van der Waals surface area contributed by atoms with Gasteiger partial charge in [-0.05, 0) is 54.4 Å². The lowest BCUT2D eigenvalue weighted by atomic mass is 10.0. The van der Waals surface area contributed by atoms with Crippen molar-refractivity contribution in [2.24, 2.45) is 0 Å². The number of nitrogens with zero attached hydrogens (tertiary/aromatic N) is 3. The molecular formula is C25H21BrFN3O. The van der Waals surface area contributed by atoms with Gasteiger partial charge in [0.2, 0.25) is 0 Å². The highest BCUT2D eigenvalue weighted by atomic mass is 79.9. The Labute approximate surface area is 188 Å². The van der Waals surface area contributed by atoms with Crippen molar-refractivity contribution in [2.45, 2.75) is 25.5 Å². The molecule has 0 bridgehead atoms. The SMILES string of the molecule is Fc1ccc(-c2nc3n(c2-c2ccncc2)[C@H](COCc2ccccc2Br)CC3)cc1. The highest BCUT2D eigenvalue weighted by Crippen LogP contribution is 2.39. The number of imidazole rings is 1. The summed E-state index contributed by atoms with van der Waals surface area (Å²) in [5, 5.41) is 0. The lowest BCUT2D eigenvalue weighted by molar-refractivity contribution is 0.0921. The van der Waals surface area contributed by atoms with Crippen LogP contribution in [0.25, 0.3) is 22.5 Å². The molecule has 4 nitrogen and oxygen atoms in total. The minimum absolute atomic E-state index is 0.197. The number of ether oxygens (including phenoxy) is 1. The first kappa shape index (κ1) is 20.1. The standard InChI is InChI=1S/C25H21BrFN3O/c26-22-4-2-1-3-19(22)15-31-16-21-9-10-23-29-24(17-5-7-20(27)8-6-17)25(30(21)23)18-11-13-28-14-12-18/h1-8,11-14,21H,9-10,15-16H2/t21-/m0/s1. The fourth-order valence-electron chi connectivity index (χ4n) is 4.15. The number of rotatable bonds is 6. The normalized spacial score (nSPS) is 15.2. The van der Waals surface area contributed by atoms with Crippen LogP contribution in [0.5, 0.6) is 0 Å². The number of halogens is 2. The second kappa shape index (κ2) is 8.73. The van der Waals surface area contributed by atoms with E-state index in [1.54, 1.807) is 24.5 Å². The van der Waals surface area contributed by atoms with Gasteiger partial charge in [-0.15, -0.1) is 0 Å². The van der Waals surface area contributed by atoms with Crippen LogP contribution >= 0.6 is 15.9 Å². The van der Waals surface area contributed by atoms with Crippen LogP contribution in [0.3, 0.4) is 0 Å². The van der Waals surface area contributed by atoms with Crippen molar-refractivity contribution in [3.8, 4) is 22.5 Å². The Balaban J connectivity index is 1.47. The van der Waals surface area contributed by atoms with Gasteiger partial charge in [-0.2, -0.15) is 0 Å². The van der Waals surface area contributed by atoms with Crippen molar-refractivity contribution in [3.05, 3.63) is 94.7 Å². The van der Waals surface area contributed by atoms with Gasteiger partial charge in [0.05, 0.1) is 30.6 Å². The number of pyridine rings is 1. The van der Waals surface area contributed by atoms with Crippen LogP contribution in [0, 0.1) is 5.82 Å². The maximum Gasteiger partial charge on any atom is 0.123 e. The Morgan fingerprint density at radius 2 is 1.77 bits per heavy atom. The van der Waals surface area contributed by atoms with Gasteiger partial charge in [0.25, 0.3) is 0 Å². The summed E-state index contributed by atoms with van der Waals surface area (Å²) in [4.78, 5) is 9.12. The van der Waals surface area contributed by atoms with Crippen LogP contribution in [0.2, 0.25) is 0 Å². The fourth-order valence-corrected chi connectivity index (χ4v) is 4.55. The van der Waals surface area contributed by atoms with Crippen molar-refractivity contribution < 1.29 is 9.13 Å². The first-order chi connectivity index (χ1) is 15.2. The zero-order chi connectivity index (χ0) is 21.2. The van der Waals surface area contributed by atoms with Crippen molar-refractivity contribution in [1.29, 1.82) is 0 Å². The van der Waals surface area contributed by atoms with Gasteiger partial charge in [0.1, 0.15) is 11.6 Å². The molecule has 6 heteroatoms. The summed E-state index contributed by atoms with van der Waals surface area (Å²) in [6, 6.07) is 18.8. The Bertz CT molecular complexity index is 1190. The molecule has 0 amide bonds. The number of benzene rings is 2. The van der Waals surface area contributed by atoms with Gasteiger partial charge in [-0.1, -0.05) is 34.1 Å². The largest absolute Gasteiger partial charge is 0.375 e. The highest BCUT2D eigenvalue weighted by molar-refractivity contribution is 9.10. The quantitative estimate of drug-likeness (QED) is 0.331. The smallest absolute Gasteiger partial charge is 0.123 e. The molecule has 2 aromatic heterocycles. The Hall–Kier alpha value is -2.83. The van der Waals surface area contributed by atoms with E-state index < -0.39 is 0 Å². The first-order valence-corrected chi connectivity index (χ1v) is 11.1. The average molecular weight is 478 g/mol. The molecule has 0 saturated heterocycles.